The molecular formula is C17H18N2O3. The van der Waals surface area contributed by atoms with E-state index in [9.17, 15) is 4.79 Å². The van der Waals surface area contributed by atoms with E-state index in [-0.39, 0.29) is 12.4 Å². The van der Waals surface area contributed by atoms with Gasteiger partial charge in [0.1, 0.15) is 18.2 Å². The van der Waals surface area contributed by atoms with Gasteiger partial charge in [-0.3, -0.25) is 4.79 Å². The summed E-state index contributed by atoms with van der Waals surface area (Å²) in [6.07, 6.45) is 0.403. The molecule has 1 aromatic carbocycles. The Labute approximate surface area is 129 Å². The summed E-state index contributed by atoms with van der Waals surface area (Å²) in [5.41, 5.74) is 3.19. The summed E-state index contributed by atoms with van der Waals surface area (Å²) in [5, 5.41) is 3.28. The smallest absolute Gasteiger partial charge is 0.219 e. The molecule has 0 saturated heterocycles. The Hall–Kier alpha value is -2.56. The molecular weight excluding hydrogens is 280 g/mol. The van der Waals surface area contributed by atoms with E-state index >= 15 is 0 Å². The molecule has 2 heterocycles. The van der Waals surface area contributed by atoms with Gasteiger partial charge in [0, 0.05) is 18.5 Å². The highest BCUT2D eigenvalue weighted by Crippen LogP contribution is 2.24. The zero-order valence-electron chi connectivity index (χ0n) is 12.7. The maximum absolute atomic E-state index is 11.3. The Kier molecular flexibility index (Phi) is 3.96. The molecule has 0 bridgehead atoms. The zero-order valence-corrected chi connectivity index (χ0v) is 12.7. The molecule has 5 nitrogen and oxygen atoms in total. The Morgan fingerprint density at radius 3 is 2.95 bits per heavy atom. The third-order valence-corrected chi connectivity index (χ3v) is 3.71. The molecule has 0 saturated carbocycles. The number of Topliss-reactive ketones (excluding diaryl/α,β-unsaturated/α-hetero) is 1. The number of carbonyl (C=O) groups excluding carboxylic acids is 1. The second kappa shape index (κ2) is 6.05. The van der Waals surface area contributed by atoms with Gasteiger partial charge in [-0.05, 0) is 42.3 Å². The average Bonchev–Trinajstić information content (AvgIpc) is 2.53. The Balaban J connectivity index is 1.70. The molecule has 0 unspecified atom stereocenters. The first-order valence-electron chi connectivity index (χ1n) is 7.17. The van der Waals surface area contributed by atoms with Gasteiger partial charge in [0.05, 0.1) is 7.11 Å². The van der Waals surface area contributed by atoms with Crippen molar-refractivity contribution < 1.29 is 14.3 Å². The molecule has 0 fully saturated rings. The van der Waals surface area contributed by atoms with Gasteiger partial charge >= 0.3 is 0 Å². The van der Waals surface area contributed by atoms with Crippen LogP contribution in [0.4, 0.5) is 5.82 Å². The fourth-order valence-corrected chi connectivity index (χ4v) is 2.42. The van der Waals surface area contributed by atoms with E-state index in [1.54, 1.807) is 7.11 Å². The van der Waals surface area contributed by atoms with Gasteiger partial charge < -0.3 is 14.8 Å². The SMILES string of the molecule is COc1ccc(CNc2ccc3c(n2)OCC(=O)C3)c(C)c1. The monoisotopic (exact) mass is 298 g/mol. The van der Waals surface area contributed by atoms with Crippen molar-refractivity contribution in [2.75, 3.05) is 19.0 Å². The highest BCUT2D eigenvalue weighted by Gasteiger charge is 2.18. The van der Waals surface area contributed by atoms with Crippen molar-refractivity contribution in [2.45, 2.75) is 19.9 Å². The summed E-state index contributed by atoms with van der Waals surface area (Å²) in [6.45, 7) is 2.83. The van der Waals surface area contributed by atoms with Gasteiger partial charge in [0.2, 0.25) is 5.88 Å². The van der Waals surface area contributed by atoms with Crippen LogP contribution in [0.15, 0.2) is 30.3 Å². The molecule has 22 heavy (non-hydrogen) atoms. The van der Waals surface area contributed by atoms with Gasteiger partial charge in [-0.15, -0.1) is 0 Å². The summed E-state index contributed by atoms with van der Waals surface area (Å²) in [4.78, 5) is 15.7. The number of aromatic nitrogens is 1. The average molecular weight is 298 g/mol. The van der Waals surface area contributed by atoms with Crippen molar-refractivity contribution in [3.8, 4) is 11.6 Å². The van der Waals surface area contributed by atoms with Crippen LogP contribution >= 0.6 is 0 Å². The summed E-state index contributed by atoms with van der Waals surface area (Å²) in [6, 6.07) is 9.75. The van der Waals surface area contributed by atoms with Crippen LogP contribution in [-0.2, 0) is 17.8 Å². The van der Waals surface area contributed by atoms with Crippen molar-refractivity contribution >= 4 is 11.6 Å². The lowest BCUT2D eigenvalue weighted by molar-refractivity contribution is -0.121. The quantitative estimate of drug-likeness (QED) is 0.940. The van der Waals surface area contributed by atoms with E-state index in [1.165, 1.54) is 5.56 Å². The van der Waals surface area contributed by atoms with Crippen molar-refractivity contribution in [1.82, 2.24) is 4.98 Å². The number of nitrogens with one attached hydrogen (secondary N) is 1. The first kappa shape index (κ1) is 14.4. The van der Waals surface area contributed by atoms with E-state index in [4.69, 9.17) is 9.47 Å². The molecule has 1 N–H and O–H groups in total. The fourth-order valence-electron chi connectivity index (χ4n) is 2.42. The number of ketones is 1. The highest BCUT2D eigenvalue weighted by molar-refractivity contribution is 5.84. The number of aryl methyl sites for hydroxylation is 1. The van der Waals surface area contributed by atoms with Crippen LogP contribution in [0.2, 0.25) is 0 Å². The predicted molar refractivity (Wildman–Crippen MR) is 83.5 cm³/mol. The molecule has 1 aliphatic heterocycles. The lowest BCUT2D eigenvalue weighted by Gasteiger charge is -2.16. The van der Waals surface area contributed by atoms with Crippen molar-refractivity contribution in [1.29, 1.82) is 0 Å². The first-order chi connectivity index (χ1) is 10.7. The van der Waals surface area contributed by atoms with Crippen LogP contribution in [0.1, 0.15) is 16.7 Å². The van der Waals surface area contributed by atoms with E-state index < -0.39 is 0 Å². The van der Waals surface area contributed by atoms with Gasteiger partial charge in [-0.1, -0.05) is 6.07 Å². The molecule has 1 aliphatic rings. The third kappa shape index (κ3) is 3.03. The van der Waals surface area contributed by atoms with Crippen LogP contribution in [0.25, 0.3) is 0 Å². The number of benzene rings is 1. The van der Waals surface area contributed by atoms with Gasteiger partial charge in [-0.25, -0.2) is 0 Å². The molecule has 2 aromatic rings. The second-order valence-corrected chi connectivity index (χ2v) is 5.31. The number of pyridine rings is 1. The summed E-state index contributed by atoms with van der Waals surface area (Å²) < 4.78 is 10.6. The number of methoxy groups -OCH3 is 1. The van der Waals surface area contributed by atoms with Crippen molar-refractivity contribution in [3.05, 3.63) is 47.0 Å². The Morgan fingerprint density at radius 2 is 2.18 bits per heavy atom. The second-order valence-electron chi connectivity index (χ2n) is 5.31. The van der Waals surface area contributed by atoms with Gasteiger partial charge in [0.25, 0.3) is 0 Å². The van der Waals surface area contributed by atoms with E-state index in [0.29, 0.717) is 18.8 Å². The fraction of sp³-hybridized carbons (Fsp3) is 0.294. The first-order valence-corrected chi connectivity index (χ1v) is 7.17. The zero-order chi connectivity index (χ0) is 15.5. The van der Waals surface area contributed by atoms with Crippen LogP contribution in [0.3, 0.4) is 0 Å². The molecule has 0 radical (unpaired) electrons. The third-order valence-electron chi connectivity index (χ3n) is 3.71. The molecule has 0 aliphatic carbocycles. The number of nitrogens with zero attached hydrogens (tertiary/aromatic N) is 1. The molecule has 0 atom stereocenters. The number of hydrogen-bond donors (Lipinski definition) is 1. The number of anilines is 1. The van der Waals surface area contributed by atoms with Crippen LogP contribution in [0.5, 0.6) is 11.6 Å². The maximum Gasteiger partial charge on any atom is 0.219 e. The molecule has 5 heteroatoms. The number of ether oxygens (including phenoxy) is 2. The van der Waals surface area contributed by atoms with Crippen LogP contribution in [-0.4, -0.2) is 24.5 Å². The normalized spacial score (nSPS) is 13.3. The lowest BCUT2D eigenvalue weighted by atomic mass is 10.1. The van der Waals surface area contributed by atoms with Crippen molar-refractivity contribution in [2.24, 2.45) is 0 Å². The van der Waals surface area contributed by atoms with E-state index in [2.05, 4.69) is 17.2 Å². The summed E-state index contributed by atoms with van der Waals surface area (Å²) in [5.74, 6) is 2.23. The number of hydrogen-bond acceptors (Lipinski definition) is 5. The standard InChI is InChI=1S/C17H18N2O3/c1-11-7-15(21-2)5-3-13(11)9-18-16-6-4-12-8-14(20)10-22-17(12)19-16/h3-7H,8-10H2,1-2H3,(H,18,19). The molecule has 1 aromatic heterocycles. The highest BCUT2D eigenvalue weighted by atomic mass is 16.5. The van der Waals surface area contributed by atoms with Crippen LogP contribution in [0, 0.1) is 6.92 Å². The molecule has 114 valence electrons. The maximum atomic E-state index is 11.3. The minimum atomic E-state index is 0.0869. The lowest BCUT2D eigenvalue weighted by Crippen LogP contribution is -2.21. The number of rotatable bonds is 4. The molecule has 0 amide bonds. The largest absolute Gasteiger partial charge is 0.497 e. The van der Waals surface area contributed by atoms with Gasteiger partial charge in [-0.2, -0.15) is 4.98 Å². The summed E-state index contributed by atoms with van der Waals surface area (Å²) in [7, 11) is 1.66. The molecule has 0 spiro atoms. The predicted octanol–water partition coefficient (Wildman–Crippen LogP) is 2.51. The van der Waals surface area contributed by atoms with Crippen LogP contribution < -0.4 is 14.8 Å². The number of carbonyl (C=O) groups is 1. The summed E-state index contributed by atoms with van der Waals surface area (Å²) >= 11 is 0. The minimum absolute atomic E-state index is 0.0869. The topological polar surface area (TPSA) is 60.4 Å². The Bertz CT molecular complexity index is 713. The molecule has 3 rings (SSSR count). The van der Waals surface area contributed by atoms with E-state index in [0.717, 1.165) is 22.7 Å². The number of fused-ring (bicyclic) bond motifs is 1. The van der Waals surface area contributed by atoms with Crippen molar-refractivity contribution in [3.63, 3.8) is 0 Å². The minimum Gasteiger partial charge on any atom is -0.497 e. The van der Waals surface area contributed by atoms with Gasteiger partial charge in [0.15, 0.2) is 5.78 Å². The Morgan fingerprint density at radius 1 is 1.32 bits per heavy atom. The van der Waals surface area contributed by atoms with E-state index in [1.807, 2.05) is 30.3 Å².